The van der Waals surface area contributed by atoms with Crippen molar-refractivity contribution in [2.45, 2.75) is 32.0 Å². The number of hydrogen-bond donors (Lipinski definition) is 0. The molecule has 1 aliphatic heterocycles. The van der Waals surface area contributed by atoms with Gasteiger partial charge in [0.2, 0.25) is 0 Å². The van der Waals surface area contributed by atoms with Gasteiger partial charge in [0.15, 0.2) is 0 Å². The van der Waals surface area contributed by atoms with Crippen LogP contribution in [0.5, 0.6) is 0 Å². The zero-order chi connectivity index (χ0) is 12.4. The summed E-state index contributed by atoms with van der Waals surface area (Å²) in [6.45, 7) is 1.64. The molecule has 1 heterocycles. The van der Waals surface area contributed by atoms with Crippen molar-refractivity contribution in [2.75, 3.05) is 0 Å². The first kappa shape index (κ1) is 11.8. The summed E-state index contributed by atoms with van der Waals surface area (Å²) >= 11 is 0. The summed E-state index contributed by atoms with van der Waals surface area (Å²) in [5.41, 5.74) is 0.809. The van der Waals surface area contributed by atoms with Gasteiger partial charge in [-0.3, -0.25) is 4.90 Å². The Hall–Kier alpha value is -1.65. The standard InChI is InChI=1S/C12H13F2NO2/c1-8-10(11(13)14)15(12(16)17-8)7-9-5-3-2-4-6-9/h2-6,8,10-11H,7H2,1H3/t8?,10-/m1/s1. The molecule has 1 aromatic rings. The number of benzene rings is 1. The Morgan fingerprint density at radius 2 is 2.00 bits per heavy atom. The maximum atomic E-state index is 12.8. The van der Waals surface area contributed by atoms with Crippen LogP contribution >= 0.6 is 0 Å². The number of nitrogens with zero attached hydrogens (tertiary/aromatic N) is 1. The lowest BCUT2D eigenvalue weighted by atomic mass is 10.1. The lowest BCUT2D eigenvalue weighted by molar-refractivity contribution is 0.0357. The monoisotopic (exact) mass is 241 g/mol. The molecule has 5 heteroatoms. The van der Waals surface area contributed by atoms with Crippen LogP contribution in [0.4, 0.5) is 13.6 Å². The van der Waals surface area contributed by atoms with Crippen molar-refractivity contribution >= 4 is 6.09 Å². The van der Waals surface area contributed by atoms with E-state index in [1.807, 2.05) is 6.07 Å². The lowest BCUT2D eigenvalue weighted by Crippen LogP contribution is -2.40. The molecule has 2 rings (SSSR count). The molecule has 0 spiro atoms. The van der Waals surface area contributed by atoms with Crippen LogP contribution < -0.4 is 0 Å². The highest BCUT2D eigenvalue weighted by atomic mass is 19.3. The number of cyclic esters (lactones) is 1. The van der Waals surface area contributed by atoms with E-state index in [0.29, 0.717) is 0 Å². The Balaban J connectivity index is 2.16. The Bertz CT molecular complexity index is 397. The van der Waals surface area contributed by atoms with Crippen LogP contribution in [0.2, 0.25) is 0 Å². The first-order chi connectivity index (χ1) is 8.09. The van der Waals surface area contributed by atoms with Crippen LogP contribution in [0.3, 0.4) is 0 Å². The number of amides is 1. The molecule has 1 aliphatic rings. The van der Waals surface area contributed by atoms with Crippen LogP contribution in [0, 0.1) is 0 Å². The summed E-state index contributed by atoms with van der Waals surface area (Å²) in [6.07, 6.45) is -4.04. The average Bonchev–Trinajstić information content (AvgIpc) is 2.55. The third-order valence-electron chi connectivity index (χ3n) is 2.82. The van der Waals surface area contributed by atoms with Crippen molar-refractivity contribution in [3.8, 4) is 0 Å². The highest BCUT2D eigenvalue weighted by Crippen LogP contribution is 2.26. The van der Waals surface area contributed by atoms with Gasteiger partial charge in [-0.05, 0) is 12.5 Å². The molecule has 0 N–H and O–H groups in total. The minimum atomic E-state index is -2.60. The predicted molar refractivity (Wildman–Crippen MR) is 57.7 cm³/mol. The predicted octanol–water partition coefficient (Wildman–Crippen LogP) is 2.66. The molecule has 1 amide bonds. The maximum absolute atomic E-state index is 12.8. The fraction of sp³-hybridized carbons (Fsp3) is 0.417. The third kappa shape index (κ3) is 2.38. The number of carbonyl (C=O) groups is 1. The number of carbonyl (C=O) groups excluding carboxylic acids is 1. The van der Waals surface area contributed by atoms with Crippen LogP contribution in [-0.2, 0) is 11.3 Å². The van der Waals surface area contributed by atoms with Gasteiger partial charge in [0, 0.05) is 6.54 Å². The molecule has 3 nitrogen and oxygen atoms in total. The summed E-state index contributed by atoms with van der Waals surface area (Å²) in [5.74, 6) is 0. The SMILES string of the molecule is CC1OC(=O)N(Cc2ccccc2)[C@H]1C(F)F. The highest BCUT2D eigenvalue weighted by molar-refractivity contribution is 5.70. The molecular weight excluding hydrogens is 228 g/mol. The molecule has 0 aromatic heterocycles. The first-order valence-corrected chi connectivity index (χ1v) is 5.39. The van der Waals surface area contributed by atoms with Gasteiger partial charge in [0.05, 0.1) is 0 Å². The fourth-order valence-electron chi connectivity index (χ4n) is 1.96. The summed E-state index contributed by atoms with van der Waals surface area (Å²) in [5, 5.41) is 0. The fourth-order valence-corrected chi connectivity index (χ4v) is 1.96. The first-order valence-electron chi connectivity index (χ1n) is 5.39. The Morgan fingerprint density at radius 3 is 2.59 bits per heavy atom. The zero-order valence-corrected chi connectivity index (χ0v) is 9.35. The summed E-state index contributed by atoms with van der Waals surface area (Å²) in [7, 11) is 0. The molecule has 1 aromatic carbocycles. The van der Waals surface area contributed by atoms with E-state index in [4.69, 9.17) is 4.74 Å². The largest absolute Gasteiger partial charge is 0.444 e. The van der Waals surface area contributed by atoms with Gasteiger partial charge >= 0.3 is 6.09 Å². The topological polar surface area (TPSA) is 29.5 Å². The van der Waals surface area contributed by atoms with Crippen molar-refractivity contribution in [3.05, 3.63) is 35.9 Å². The van der Waals surface area contributed by atoms with Gasteiger partial charge in [0.1, 0.15) is 12.1 Å². The molecule has 2 atom stereocenters. The van der Waals surface area contributed by atoms with E-state index in [0.717, 1.165) is 10.5 Å². The van der Waals surface area contributed by atoms with Crippen LogP contribution in [0.15, 0.2) is 30.3 Å². The van der Waals surface area contributed by atoms with Crippen molar-refractivity contribution in [1.29, 1.82) is 0 Å². The van der Waals surface area contributed by atoms with Crippen molar-refractivity contribution in [1.82, 2.24) is 4.90 Å². The molecule has 0 aliphatic carbocycles. The maximum Gasteiger partial charge on any atom is 0.410 e. The van der Waals surface area contributed by atoms with E-state index in [1.54, 1.807) is 24.3 Å². The molecule has 0 bridgehead atoms. The second-order valence-corrected chi connectivity index (χ2v) is 4.03. The highest BCUT2D eigenvalue weighted by Gasteiger charge is 2.44. The lowest BCUT2D eigenvalue weighted by Gasteiger charge is -2.22. The number of hydrogen-bond acceptors (Lipinski definition) is 2. The van der Waals surface area contributed by atoms with Crippen LogP contribution in [0.1, 0.15) is 12.5 Å². The van der Waals surface area contributed by atoms with Gasteiger partial charge in [-0.1, -0.05) is 30.3 Å². The molecule has 0 radical (unpaired) electrons. The Kier molecular flexibility index (Phi) is 3.26. The molecule has 1 fully saturated rings. The zero-order valence-electron chi connectivity index (χ0n) is 9.35. The number of rotatable bonds is 3. The number of alkyl halides is 2. The summed E-state index contributed by atoms with van der Waals surface area (Å²) in [4.78, 5) is 12.6. The van der Waals surface area contributed by atoms with Gasteiger partial charge in [0.25, 0.3) is 6.43 Å². The molecule has 1 saturated heterocycles. The second kappa shape index (κ2) is 4.69. The van der Waals surface area contributed by atoms with Crippen molar-refractivity contribution < 1.29 is 18.3 Å². The van der Waals surface area contributed by atoms with E-state index in [-0.39, 0.29) is 6.54 Å². The van der Waals surface area contributed by atoms with Gasteiger partial charge in [-0.25, -0.2) is 13.6 Å². The summed E-state index contributed by atoms with van der Waals surface area (Å²) in [6, 6.07) is 7.86. The molecule has 92 valence electrons. The molecular formula is C12H13F2NO2. The minimum absolute atomic E-state index is 0.152. The van der Waals surface area contributed by atoms with Crippen molar-refractivity contribution in [2.24, 2.45) is 0 Å². The van der Waals surface area contributed by atoms with E-state index in [1.165, 1.54) is 6.92 Å². The van der Waals surface area contributed by atoms with E-state index in [2.05, 4.69) is 0 Å². The normalized spacial score (nSPS) is 24.2. The smallest absolute Gasteiger partial charge is 0.410 e. The Labute approximate surface area is 98.0 Å². The van der Waals surface area contributed by atoms with Crippen LogP contribution in [-0.4, -0.2) is 29.6 Å². The van der Waals surface area contributed by atoms with E-state index in [9.17, 15) is 13.6 Å². The average molecular weight is 241 g/mol. The van der Waals surface area contributed by atoms with E-state index >= 15 is 0 Å². The Morgan fingerprint density at radius 1 is 1.35 bits per heavy atom. The van der Waals surface area contributed by atoms with Gasteiger partial charge in [-0.15, -0.1) is 0 Å². The summed E-state index contributed by atoms with van der Waals surface area (Å²) < 4.78 is 30.5. The third-order valence-corrected chi connectivity index (χ3v) is 2.82. The van der Waals surface area contributed by atoms with Gasteiger partial charge in [-0.2, -0.15) is 0 Å². The number of ether oxygens (including phenoxy) is 1. The minimum Gasteiger partial charge on any atom is -0.444 e. The van der Waals surface area contributed by atoms with Gasteiger partial charge < -0.3 is 4.74 Å². The number of halogens is 2. The van der Waals surface area contributed by atoms with Crippen molar-refractivity contribution in [3.63, 3.8) is 0 Å². The van der Waals surface area contributed by atoms with E-state index < -0.39 is 24.7 Å². The second-order valence-electron chi connectivity index (χ2n) is 4.03. The molecule has 17 heavy (non-hydrogen) atoms. The quantitative estimate of drug-likeness (QED) is 0.814. The van der Waals surface area contributed by atoms with Crippen LogP contribution in [0.25, 0.3) is 0 Å². The molecule has 1 unspecified atom stereocenters. The molecule has 0 saturated carbocycles.